The first-order valence-electron chi connectivity index (χ1n) is 5.01. The van der Waals surface area contributed by atoms with Crippen molar-refractivity contribution in [2.75, 3.05) is 0 Å². The van der Waals surface area contributed by atoms with Gasteiger partial charge in [0.15, 0.2) is 11.5 Å². The van der Waals surface area contributed by atoms with Gasteiger partial charge in [0, 0.05) is 15.3 Å². The summed E-state index contributed by atoms with van der Waals surface area (Å²) in [6, 6.07) is 11.6. The smallest absolute Gasteiger partial charge is 0.169 e. The van der Waals surface area contributed by atoms with Crippen LogP contribution in [0.1, 0.15) is 0 Å². The molecule has 0 aliphatic heterocycles. The molecule has 0 saturated heterocycles. The Morgan fingerprint density at radius 2 is 1.94 bits per heavy atom. The average molecular weight is 356 g/mol. The summed E-state index contributed by atoms with van der Waals surface area (Å²) in [5, 5.41) is 9.02. The van der Waals surface area contributed by atoms with Crippen LogP contribution in [0, 0.1) is 3.57 Å². The highest BCUT2D eigenvalue weighted by Gasteiger charge is 2.10. The Kier molecular flexibility index (Phi) is 2.76. The number of rotatable bonds is 1. The van der Waals surface area contributed by atoms with Crippen LogP contribution >= 0.6 is 34.2 Å². The van der Waals surface area contributed by atoms with Crippen LogP contribution in [0.3, 0.4) is 0 Å². The Morgan fingerprint density at radius 3 is 2.76 bits per heavy atom. The van der Waals surface area contributed by atoms with Crippen molar-refractivity contribution in [3.8, 4) is 11.4 Å². The van der Waals surface area contributed by atoms with Crippen molar-refractivity contribution in [3.63, 3.8) is 0 Å². The summed E-state index contributed by atoms with van der Waals surface area (Å²) in [4.78, 5) is 0. The van der Waals surface area contributed by atoms with Crippen LogP contribution in [0.2, 0.25) is 5.02 Å². The molecule has 0 unspecified atom stereocenters. The normalized spacial score (nSPS) is 10.9. The van der Waals surface area contributed by atoms with Crippen molar-refractivity contribution >= 4 is 39.8 Å². The summed E-state index contributed by atoms with van der Waals surface area (Å²) >= 11 is 8.42. The fraction of sp³-hybridized carbons (Fsp3) is 0. The number of aromatic nitrogens is 3. The zero-order valence-corrected chi connectivity index (χ0v) is 11.6. The monoisotopic (exact) mass is 355 g/mol. The second-order valence-corrected chi connectivity index (χ2v) is 5.23. The number of hydrogen-bond donors (Lipinski definition) is 0. The number of nitrogens with zero attached hydrogens (tertiary/aromatic N) is 3. The molecule has 3 aromatic rings. The third kappa shape index (κ3) is 1.91. The highest BCUT2D eigenvalue weighted by Crippen LogP contribution is 2.26. The van der Waals surface area contributed by atoms with Crippen LogP contribution in [0.25, 0.3) is 17.0 Å². The lowest BCUT2D eigenvalue weighted by atomic mass is 10.2. The molecule has 0 aliphatic carbocycles. The van der Waals surface area contributed by atoms with Gasteiger partial charge in [-0.25, -0.2) is 0 Å². The van der Waals surface area contributed by atoms with Crippen molar-refractivity contribution < 1.29 is 0 Å². The average Bonchev–Trinajstić information content (AvgIpc) is 2.72. The fourth-order valence-electron chi connectivity index (χ4n) is 1.69. The van der Waals surface area contributed by atoms with E-state index in [1.807, 2.05) is 47.0 Å². The maximum Gasteiger partial charge on any atom is 0.169 e. The van der Waals surface area contributed by atoms with Gasteiger partial charge in [-0.1, -0.05) is 23.7 Å². The molecule has 17 heavy (non-hydrogen) atoms. The highest BCUT2D eigenvalue weighted by atomic mass is 127. The maximum atomic E-state index is 6.16. The maximum absolute atomic E-state index is 6.16. The van der Waals surface area contributed by atoms with Crippen molar-refractivity contribution in [2.45, 2.75) is 0 Å². The van der Waals surface area contributed by atoms with Crippen LogP contribution in [0.5, 0.6) is 0 Å². The molecule has 3 nitrogen and oxygen atoms in total. The largest absolute Gasteiger partial charge is 0.282 e. The van der Waals surface area contributed by atoms with E-state index in [1.54, 1.807) is 0 Å². The summed E-state index contributed by atoms with van der Waals surface area (Å²) in [7, 11) is 0. The first kappa shape index (κ1) is 11.0. The molecule has 0 radical (unpaired) electrons. The molecular weight excluding hydrogens is 349 g/mol. The van der Waals surface area contributed by atoms with E-state index in [1.165, 1.54) is 0 Å². The highest BCUT2D eigenvalue weighted by molar-refractivity contribution is 14.1. The Labute approximate surface area is 117 Å². The minimum atomic E-state index is 0.681. The molecule has 5 heteroatoms. The Balaban J connectivity index is 2.29. The molecule has 0 atom stereocenters. The number of halogens is 2. The predicted octanol–water partition coefficient (Wildman–Crippen LogP) is 3.65. The molecular formula is C12H7ClIN3. The minimum absolute atomic E-state index is 0.681. The Bertz CT molecular complexity index is 693. The molecule has 2 aromatic heterocycles. The van der Waals surface area contributed by atoms with E-state index in [-0.39, 0.29) is 0 Å². The lowest BCUT2D eigenvalue weighted by Gasteiger charge is -2.02. The van der Waals surface area contributed by atoms with Crippen LogP contribution < -0.4 is 0 Å². The Morgan fingerprint density at radius 1 is 1.12 bits per heavy atom. The van der Waals surface area contributed by atoms with Gasteiger partial charge in [0.2, 0.25) is 0 Å². The molecule has 0 N–H and O–H groups in total. The molecule has 0 spiro atoms. The van der Waals surface area contributed by atoms with Crippen molar-refractivity contribution in [1.82, 2.24) is 14.6 Å². The van der Waals surface area contributed by atoms with Crippen molar-refractivity contribution in [2.24, 2.45) is 0 Å². The van der Waals surface area contributed by atoms with Gasteiger partial charge in [0.05, 0.1) is 5.02 Å². The fourth-order valence-corrected chi connectivity index (χ4v) is 2.35. The van der Waals surface area contributed by atoms with E-state index in [0.29, 0.717) is 5.02 Å². The van der Waals surface area contributed by atoms with E-state index in [0.717, 1.165) is 20.6 Å². The number of hydrogen-bond acceptors (Lipinski definition) is 2. The number of fused-ring (bicyclic) bond motifs is 1. The standard InChI is InChI=1S/C12H7ClIN3/c13-10-4-2-1-3-9(10)12-16-15-11-7-8(14)5-6-17(11)12/h1-7H. The summed E-state index contributed by atoms with van der Waals surface area (Å²) in [5.74, 6) is 0.766. The summed E-state index contributed by atoms with van der Waals surface area (Å²) in [5.41, 5.74) is 1.72. The second kappa shape index (κ2) is 4.27. The third-order valence-corrected chi connectivity index (χ3v) is 3.49. The van der Waals surface area contributed by atoms with Crippen LogP contribution in [-0.2, 0) is 0 Å². The molecule has 0 bridgehead atoms. The number of pyridine rings is 1. The molecule has 0 fully saturated rings. The molecule has 2 heterocycles. The van der Waals surface area contributed by atoms with Crippen molar-refractivity contribution in [1.29, 1.82) is 0 Å². The van der Waals surface area contributed by atoms with Gasteiger partial charge < -0.3 is 0 Å². The summed E-state index contributed by atoms with van der Waals surface area (Å²) in [6.07, 6.45) is 1.95. The molecule has 0 aliphatic rings. The first-order chi connectivity index (χ1) is 8.25. The van der Waals surface area contributed by atoms with E-state index in [9.17, 15) is 0 Å². The Hall–Kier alpha value is -1.14. The lowest BCUT2D eigenvalue weighted by Crippen LogP contribution is -1.90. The van der Waals surface area contributed by atoms with Gasteiger partial charge in [-0.15, -0.1) is 10.2 Å². The van der Waals surface area contributed by atoms with E-state index < -0.39 is 0 Å². The third-order valence-electron chi connectivity index (χ3n) is 2.49. The van der Waals surface area contributed by atoms with E-state index in [2.05, 4.69) is 32.8 Å². The quantitative estimate of drug-likeness (QED) is 0.624. The molecule has 3 rings (SSSR count). The zero-order valence-electron chi connectivity index (χ0n) is 8.64. The minimum Gasteiger partial charge on any atom is -0.282 e. The van der Waals surface area contributed by atoms with Gasteiger partial charge in [0.25, 0.3) is 0 Å². The van der Waals surface area contributed by atoms with Crippen LogP contribution in [-0.4, -0.2) is 14.6 Å². The molecule has 84 valence electrons. The summed E-state index contributed by atoms with van der Waals surface area (Å²) < 4.78 is 3.07. The first-order valence-corrected chi connectivity index (χ1v) is 6.46. The summed E-state index contributed by atoms with van der Waals surface area (Å²) in [6.45, 7) is 0. The predicted molar refractivity (Wildman–Crippen MR) is 76.2 cm³/mol. The van der Waals surface area contributed by atoms with Gasteiger partial charge in [-0.2, -0.15) is 0 Å². The lowest BCUT2D eigenvalue weighted by molar-refractivity contribution is 1.11. The molecule has 1 aromatic carbocycles. The van der Waals surface area contributed by atoms with Crippen LogP contribution in [0.15, 0.2) is 42.6 Å². The van der Waals surface area contributed by atoms with Gasteiger partial charge in [0.1, 0.15) is 0 Å². The van der Waals surface area contributed by atoms with Gasteiger partial charge in [-0.05, 0) is 46.9 Å². The van der Waals surface area contributed by atoms with E-state index in [4.69, 9.17) is 11.6 Å². The van der Waals surface area contributed by atoms with Crippen molar-refractivity contribution in [3.05, 3.63) is 51.2 Å². The second-order valence-electron chi connectivity index (χ2n) is 3.58. The number of benzene rings is 1. The molecule has 0 amide bonds. The van der Waals surface area contributed by atoms with Gasteiger partial charge >= 0.3 is 0 Å². The van der Waals surface area contributed by atoms with Gasteiger partial charge in [-0.3, -0.25) is 4.40 Å². The molecule has 0 saturated carbocycles. The van der Waals surface area contributed by atoms with E-state index >= 15 is 0 Å². The topological polar surface area (TPSA) is 30.2 Å². The zero-order chi connectivity index (χ0) is 11.8. The van der Waals surface area contributed by atoms with Crippen LogP contribution in [0.4, 0.5) is 0 Å². The SMILES string of the molecule is Clc1ccccc1-c1nnc2cc(I)ccn12.